The van der Waals surface area contributed by atoms with Gasteiger partial charge in [-0.2, -0.15) is 0 Å². The number of allylic oxidation sites excluding steroid dienone is 4. The molecule has 0 aromatic rings. The highest BCUT2D eigenvalue weighted by atomic mass is 16.5. The van der Waals surface area contributed by atoms with Gasteiger partial charge in [-0.3, -0.25) is 9.59 Å². The standard InChI is InChI=1S/C30H55NO4/c1-5-6-7-8-9-10-11-12-13-14-15-16-17-18-19-20-21-22-23-24-25-30(34)35-28(26-29(32)33)27-31(2,3)4/h10-13,28H,5-9,14-27H2,1-4H3/p+1/b11-10+,13-12+. The first-order valence-electron chi connectivity index (χ1n) is 14.3. The molecule has 0 saturated heterocycles. The SMILES string of the molecule is CCCCCC/C=C/C=C/CCCCCCCCCCCCC(=O)OC(CC(=O)O)C[N+](C)(C)C. The molecule has 0 fully saturated rings. The Morgan fingerprint density at radius 2 is 1.20 bits per heavy atom. The molecule has 0 aliphatic heterocycles. The van der Waals surface area contributed by atoms with E-state index >= 15 is 0 Å². The third-order valence-corrected chi connectivity index (χ3v) is 6.06. The average molecular weight is 495 g/mol. The number of hydrogen-bond donors (Lipinski definition) is 1. The highest BCUT2D eigenvalue weighted by Crippen LogP contribution is 2.13. The van der Waals surface area contributed by atoms with Gasteiger partial charge in [-0.1, -0.05) is 102 Å². The maximum absolute atomic E-state index is 12.1. The van der Waals surface area contributed by atoms with Gasteiger partial charge in [0.25, 0.3) is 0 Å². The summed E-state index contributed by atoms with van der Waals surface area (Å²) in [5.74, 6) is -1.19. The topological polar surface area (TPSA) is 63.6 Å². The Labute approximate surface area is 216 Å². The highest BCUT2D eigenvalue weighted by molar-refractivity contribution is 5.71. The molecule has 0 spiro atoms. The van der Waals surface area contributed by atoms with Crippen molar-refractivity contribution in [3.63, 3.8) is 0 Å². The van der Waals surface area contributed by atoms with Crippen molar-refractivity contribution in [2.45, 2.75) is 129 Å². The van der Waals surface area contributed by atoms with Gasteiger partial charge in [-0.05, 0) is 32.1 Å². The van der Waals surface area contributed by atoms with Gasteiger partial charge in [0.1, 0.15) is 6.54 Å². The van der Waals surface area contributed by atoms with E-state index in [1.165, 1.54) is 83.5 Å². The van der Waals surface area contributed by atoms with Crippen molar-refractivity contribution >= 4 is 11.9 Å². The predicted octanol–water partition coefficient (Wildman–Crippen LogP) is 7.84. The van der Waals surface area contributed by atoms with Crippen molar-refractivity contribution in [3.05, 3.63) is 24.3 Å². The van der Waals surface area contributed by atoms with Crippen LogP contribution in [0.25, 0.3) is 0 Å². The first-order chi connectivity index (χ1) is 16.7. The number of quaternary nitrogens is 1. The van der Waals surface area contributed by atoms with Crippen molar-refractivity contribution in [2.24, 2.45) is 0 Å². The van der Waals surface area contributed by atoms with Gasteiger partial charge in [0.2, 0.25) is 0 Å². The molecule has 0 saturated carbocycles. The molecule has 1 unspecified atom stereocenters. The van der Waals surface area contributed by atoms with Crippen LogP contribution >= 0.6 is 0 Å². The molecule has 0 amide bonds. The van der Waals surface area contributed by atoms with Gasteiger partial charge < -0.3 is 14.3 Å². The van der Waals surface area contributed by atoms with E-state index in [1.807, 2.05) is 21.1 Å². The first-order valence-corrected chi connectivity index (χ1v) is 14.3. The lowest BCUT2D eigenvalue weighted by molar-refractivity contribution is -0.873. The number of carboxylic acids is 1. The molecule has 0 aliphatic carbocycles. The van der Waals surface area contributed by atoms with Crippen LogP contribution in [0.3, 0.4) is 0 Å². The first kappa shape index (κ1) is 33.4. The van der Waals surface area contributed by atoms with Crippen LogP contribution in [0.15, 0.2) is 24.3 Å². The number of ether oxygens (including phenoxy) is 1. The normalized spacial score (nSPS) is 13.0. The van der Waals surface area contributed by atoms with Crippen LogP contribution < -0.4 is 0 Å². The van der Waals surface area contributed by atoms with E-state index < -0.39 is 12.1 Å². The second-order valence-corrected chi connectivity index (χ2v) is 11.0. The van der Waals surface area contributed by atoms with Crippen molar-refractivity contribution in [1.82, 2.24) is 0 Å². The van der Waals surface area contributed by atoms with Crippen molar-refractivity contribution < 1.29 is 23.9 Å². The number of carboxylic acid groups (broad SMARTS) is 1. The lowest BCUT2D eigenvalue weighted by Gasteiger charge is -2.28. The summed E-state index contributed by atoms with van der Waals surface area (Å²) in [5, 5.41) is 9.04. The van der Waals surface area contributed by atoms with Gasteiger partial charge >= 0.3 is 11.9 Å². The Morgan fingerprint density at radius 1 is 0.743 bits per heavy atom. The maximum Gasteiger partial charge on any atom is 0.307 e. The molecule has 1 N–H and O–H groups in total. The molecule has 0 bridgehead atoms. The number of carbonyl (C=O) groups is 2. The van der Waals surface area contributed by atoms with Crippen LogP contribution in [0.1, 0.15) is 122 Å². The second-order valence-electron chi connectivity index (χ2n) is 11.0. The number of likely N-dealkylation sites (N-methyl/N-ethyl adjacent to an activating group) is 1. The Hall–Kier alpha value is -1.62. The lowest BCUT2D eigenvalue weighted by atomic mass is 10.1. The largest absolute Gasteiger partial charge is 0.481 e. The molecule has 5 nitrogen and oxygen atoms in total. The monoisotopic (exact) mass is 494 g/mol. The fraction of sp³-hybridized carbons (Fsp3) is 0.800. The lowest BCUT2D eigenvalue weighted by Crippen LogP contribution is -2.43. The smallest absolute Gasteiger partial charge is 0.307 e. The quantitative estimate of drug-likeness (QED) is 0.0642. The Morgan fingerprint density at radius 3 is 1.66 bits per heavy atom. The molecule has 0 rings (SSSR count). The molecule has 0 aliphatic rings. The second kappa shape index (κ2) is 22.8. The summed E-state index contributed by atoms with van der Waals surface area (Å²) in [7, 11) is 5.91. The number of hydrogen-bond acceptors (Lipinski definition) is 3. The van der Waals surface area contributed by atoms with Gasteiger partial charge in [-0.25, -0.2) is 0 Å². The molecule has 0 aromatic carbocycles. The summed E-state index contributed by atoms with van der Waals surface area (Å²) in [6.45, 7) is 2.76. The van der Waals surface area contributed by atoms with Gasteiger partial charge in [0.05, 0.1) is 27.6 Å². The fourth-order valence-electron chi connectivity index (χ4n) is 4.18. The summed E-state index contributed by atoms with van der Waals surface area (Å²) >= 11 is 0. The van der Waals surface area contributed by atoms with Gasteiger partial charge in [0, 0.05) is 6.42 Å². The number of esters is 1. The molecule has 5 heteroatoms. The Balaban J connectivity index is 3.54. The Bertz CT molecular complexity index is 577. The zero-order valence-corrected chi connectivity index (χ0v) is 23.4. The summed E-state index contributed by atoms with van der Waals surface area (Å²) in [5.41, 5.74) is 0. The van der Waals surface area contributed by atoms with E-state index in [9.17, 15) is 9.59 Å². The van der Waals surface area contributed by atoms with E-state index in [0.29, 0.717) is 17.4 Å². The van der Waals surface area contributed by atoms with Gasteiger partial charge in [0.15, 0.2) is 6.10 Å². The van der Waals surface area contributed by atoms with Crippen LogP contribution in [0.2, 0.25) is 0 Å². The van der Waals surface area contributed by atoms with E-state index in [2.05, 4.69) is 31.2 Å². The fourth-order valence-corrected chi connectivity index (χ4v) is 4.18. The maximum atomic E-state index is 12.1. The number of carbonyl (C=O) groups excluding carboxylic acids is 1. The van der Waals surface area contributed by atoms with Crippen molar-refractivity contribution in [3.8, 4) is 0 Å². The minimum atomic E-state index is -0.927. The van der Waals surface area contributed by atoms with Crippen molar-refractivity contribution in [2.75, 3.05) is 27.7 Å². The zero-order chi connectivity index (χ0) is 26.2. The number of unbranched alkanes of at least 4 members (excludes halogenated alkanes) is 14. The van der Waals surface area contributed by atoms with Crippen LogP contribution in [0.5, 0.6) is 0 Å². The highest BCUT2D eigenvalue weighted by Gasteiger charge is 2.24. The van der Waals surface area contributed by atoms with Crippen LogP contribution in [0.4, 0.5) is 0 Å². The van der Waals surface area contributed by atoms with E-state index in [-0.39, 0.29) is 12.4 Å². The van der Waals surface area contributed by atoms with Crippen LogP contribution in [-0.2, 0) is 14.3 Å². The molecule has 0 aromatic heterocycles. The molecule has 204 valence electrons. The Kier molecular flexibility index (Phi) is 21.8. The molecule has 0 heterocycles. The summed E-state index contributed by atoms with van der Waals surface area (Å²) in [6, 6.07) is 0. The summed E-state index contributed by atoms with van der Waals surface area (Å²) in [6.07, 6.45) is 28.5. The van der Waals surface area contributed by atoms with Crippen LogP contribution in [0, 0.1) is 0 Å². The van der Waals surface area contributed by atoms with E-state index in [4.69, 9.17) is 9.84 Å². The van der Waals surface area contributed by atoms with Crippen LogP contribution in [-0.4, -0.2) is 55.3 Å². The van der Waals surface area contributed by atoms with Gasteiger partial charge in [-0.15, -0.1) is 0 Å². The van der Waals surface area contributed by atoms with E-state index in [0.717, 1.165) is 19.3 Å². The number of rotatable bonds is 24. The third kappa shape index (κ3) is 26.8. The zero-order valence-electron chi connectivity index (χ0n) is 23.4. The molecular weight excluding hydrogens is 438 g/mol. The predicted molar refractivity (Wildman–Crippen MR) is 147 cm³/mol. The molecular formula is C30H56NO4+. The summed E-state index contributed by atoms with van der Waals surface area (Å²) in [4.78, 5) is 23.1. The summed E-state index contributed by atoms with van der Waals surface area (Å²) < 4.78 is 6.00. The molecule has 1 atom stereocenters. The number of aliphatic carboxylic acids is 1. The number of nitrogens with zero attached hydrogens (tertiary/aromatic N) is 1. The van der Waals surface area contributed by atoms with E-state index in [1.54, 1.807) is 0 Å². The van der Waals surface area contributed by atoms with Crippen molar-refractivity contribution in [1.29, 1.82) is 0 Å². The third-order valence-electron chi connectivity index (χ3n) is 6.06. The minimum Gasteiger partial charge on any atom is -0.481 e. The average Bonchev–Trinajstić information content (AvgIpc) is 2.76. The molecule has 35 heavy (non-hydrogen) atoms. The minimum absolute atomic E-state index is 0.130. The molecule has 0 radical (unpaired) electrons.